The SMILES string of the molecule is COc1ccc(-c2nnc(CNc3nc4ccc(OC)cc4s3)o2)cc1. The Morgan fingerprint density at radius 3 is 2.54 bits per heavy atom. The highest BCUT2D eigenvalue weighted by Gasteiger charge is 2.10. The molecule has 2 heterocycles. The Bertz CT molecular complexity index is 1030. The molecule has 0 unspecified atom stereocenters. The molecule has 0 amide bonds. The third-order valence-electron chi connectivity index (χ3n) is 3.79. The first kappa shape index (κ1) is 16.3. The molecule has 0 saturated heterocycles. The Morgan fingerprint density at radius 1 is 1.00 bits per heavy atom. The number of aromatic nitrogens is 3. The summed E-state index contributed by atoms with van der Waals surface area (Å²) in [5.41, 5.74) is 1.76. The van der Waals surface area contributed by atoms with Crippen molar-refractivity contribution >= 4 is 26.7 Å². The van der Waals surface area contributed by atoms with E-state index in [1.54, 1.807) is 25.6 Å². The van der Waals surface area contributed by atoms with Crippen molar-refractivity contribution in [2.75, 3.05) is 19.5 Å². The van der Waals surface area contributed by atoms with E-state index in [4.69, 9.17) is 13.9 Å². The standard InChI is InChI=1S/C18H16N4O3S/c1-23-12-5-3-11(4-6-12)17-22-21-16(25-17)10-19-18-20-14-8-7-13(24-2)9-15(14)26-18/h3-9H,10H2,1-2H3,(H,19,20). The quantitative estimate of drug-likeness (QED) is 0.551. The van der Waals surface area contributed by atoms with Crippen molar-refractivity contribution in [3.05, 3.63) is 48.4 Å². The summed E-state index contributed by atoms with van der Waals surface area (Å²) in [6.07, 6.45) is 0. The van der Waals surface area contributed by atoms with Gasteiger partial charge in [0.25, 0.3) is 0 Å². The molecule has 0 aliphatic rings. The number of nitrogens with one attached hydrogen (secondary N) is 1. The van der Waals surface area contributed by atoms with Crippen LogP contribution in [0.2, 0.25) is 0 Å². The molecule has 0 atom stereocenters. The fraction of sp³-hybridized carbons (Fsp3) is 0.167. The van der Waals surface area contributed by atoms with E-state index in [9.17, 15) is 0 Å². The van der Waals surface area contributed by atoms with Crippen LogP contribution in [0, 0.1) is 0 Å². The molecule has 4 rings (SSSR count). The molecule has 0 aliphatic heterocycles. The van der Waals surface area contributed by atoms with E-state index < -0.39 is 0 Å². The fourth-order valence-electron chi connectivity index (χ4n) is 2.43. The Balaban J connectivity index is 1.45. The van der Waals surface area contributed by atoms with Gasteiger partial charge in [-0.2, -0.15) is 0 Å². The third kappa shape index (κ3) is 3.31. The van der Waals surface area contributed by atoms with E-state index >= 15 is 0 Å². The lowest BCUT2D eigenvalue weighted by Gasteiger charge is -1.99. The molecule has 0 bridgehead atoms. The van der Waals surface area contributed by atoms with Gasteiger partial charge in [0.2, 0.25) is 11.8 Å². The van der Waals surface area contributed by atoms with E-state index in [0.717, 1.165) is 32.4 Å². The number of rotatable bonds is 6. The first-order chi connectivity index (χ1) is 12.7. The van der Waals surface area contributed by atoms with Gasteiger partial charge in [0.05, 0.1) is 31.0 Å². The van der Waals surface area contributed by atoms with Crippen LogP contribution in [0.4, 0.5) is 5.13 Å². The minimum Gasteiger partial charge on any atom is -0.497 e. The van der Waals surface area contributed by atoms with Gasteiger partial charge in [-0.25, -0.2) is 4.98 Å². The van der Waals surface area contributed by atoms with Gasteiger partial charge in [-0.1, -0.05) is 11.3 Å². The zero-order chi connectivity index (χ0) is 17.9. The van der Waals surface area contributed by atoms with Crippen molar-refractivity contribution in [1.82, 2.24) is 15.2 Å². The molecule has 2 aromatic carbocycles. The average Bonchev–Trinajstić information content (AvgIpc) is 3.32. The number of ether oxygens (including phenoxy) is 2. The Hall–Kier alpha value is -3.13. The van der Waals surface area contributed by atoms with Crippen molar-refractivity contribution in [2.24, 2.45) is 0 Å². The van der Waals surface area contributed by atoms with Gasteiger partial charge in [0.15, 0.2) is 5.13 Å². The van der Waals surface area contributed by atoms with Gasteiger partial charge in [-0.3, -0.25) is 0 Å². The second-order valence-corrected chi connectivity index (χ2v) is 6.47. The topological polar surface area (TPSA) is 82.3 Å². The first-order valence-corrected chi connectivity index (χ1v) is 8.72. The fourth-order valence-corrected chi connectivity index (χ4v) is 3.32. The summed E-state index contributed by atoms with van der Waals surface area (Å²) in [5.74, 6) is 2.56. The van der Waals surface area contributed by atoms with E-state index in [1.165, 1.54) is 0 Å². The van der Waals surface area contributed by atoms with Crippen molar-refractivity contribution in [2.45, 2.75) is 6.54 Å². The van der Waals surface area contributed by atoms with E-state index in [2.05, 4.69) is 20.5 Å². The lowest BCUT2D eigenvalue weighted by atomic mass is 10.2. The van der Waals surface area contributed by atoms with E-state index in [1.807, 2.05) is 42.5 Å². The predicted octanol–water partition coefficient (Wildman–Crippen LogP) is 3.98. The zero-order valence-corrected chi connectivity index (χ0v) is 15.0. The summed E-state index contributed by atoms with van der Waals surface area (Å²) >= 11 is 1.55. The number of benzene rings is 2. The van der Waals surface area contributed by atoms with Crippen LogP contribution in [0.3, 0.4) is 0 Å². The number of nitrogens with zero attached hydrogens (tertiary/aromatic N) is 3. The summed E-state index contributed by atoms with van der Waals surface area (Å²) in [5, 5.41) is 12.2. The molecule has 0 fully saturated rings. The summed E-state index contributed by atoms with van der Waals surface area (Å²) < 4.78 is 17.1. The highest BCUT2D eigenvalue weighted by Crippen LogP contribution is 2.29. The summed E-state index contributed by atoms with van der Waals surface area (Å²) in [7, 11) is 3.28. The lowest BCUT2D eigenvalue weighted by molar-refractivity contribution is 0.415. The number of hydrogen-bond donors (Lipinski definition) is 1. The molecule has 8 heteroatoms. The van der Waals surface area contributed by atoms with Crippen molar-refractivity contribution in [1.29, 1.82) is 0 Å². The molecule has 132 valence electrons. The van der Waals surface area contributed by atoms with Gasteiger partial charge in [-0.05, 0) is 42.5 Å². The molecular formula is C18H16N4O3S. The Labute approximate surface area is 153 Å². The Morgan fingerprint density at radius 2 is 1.77 bits per heavy atom. The average molecular weight is 368 g/mol. The molecule has 0 spiro atoms. The van der Waals surface area contributed by atoms with Crippen molar-refractivity contribution < 1.29 is 13.9 Å². The molecule has 0 saturated carbocycles. The smallest absolute Gasteiger partial charge is 0.247 e. The van der Waals surface area contributed by atoms with Crippen LogP contribution in [0.25, 0.3) is 21.7 Å². The summed E-state index contributed by atoms with van der Waals surface area (Å²) in [6.45, 7) is 0.403. The Kier molecular flexibility index (Phi) is 4.40. The van der Waals surface area contributed by atoms with E-state index in [-0.39, 0.29) is 0 Å². The molecule has 0 aliphatic carbocycles. The van der Waals surface area contributed by atoms with Crippen molar-refractivity contribution in [3.63, 3.8) is 0 Å². The number of anilines is 1. The number of fused-ring (bicyclic) bond motifs is 1. The molecule has 1 N–H and O–H groups in total. The van der Waals surface area contributed by atoms with Gasteiger partial charge in [-0.15, -0.1) is 10.2 Å². The summed E-state index contributed by atoms with van der Waals surface area (Å²) in [6, 6.07) is 13.3. The van der Waals surface area contributed by atoms with Gasteiger partial charge in [0.1, 0.15) is 11.5 Å². The van der Waals surface area contributed by atoms with Crippen LogP contribution in [0.1, 0.15) is 5.89 Å². The van der Waals surface area contributed by atoms with Gasteiger partial charge in [0, 0.05) is 5.56 Å². The zero-order valence-electron chi connectivity index (χ0n) is 14.2. The third-order valence-corrected chi connectivity index (χ3v) is 4.77. The van der Waals surface area contributed by atoms with Crippen LogP contribution in [-0.4, -0.2) is 29.4 Å². The maximum Gasteiger partial charge on any atom is 0.247 e. The summed E-state index contributed by atoms with van der Waals surface area (Å²) in [4.78, 5) is 4.54. The minimum absolute atomic E-state index is 0.403. The van der Waals surface area contributed by atoms with Gasteiger partial charge >= 0.3 is 0 Å². The maximum absolute atomic E-state index is 5.71. The normalized spacial score (nSPS) is 10.8. The van der Waals surface area contributed by atoms with Crippen LogP contribution in [0.5, 0.6) is 11.5 Å². The molecule has 7 nitrogen and oxygen atoms in total. The second kappa shape index (κ2) is 7.01. The largest absolute Gasteiger partial charge is 0.497 e. The molecular weight excluding hydrogens is 352 g/mol. The van der Waals surface area contributed by atoms with Crippen LogP contribution in [-0.2, 0) is 6.54 Å². The predicted molar refractivity (Wildman–Crippen MR) is 99.8 cm³/mol. The van der Waals surface area contributed by atoms with Crippen LogP contribution < -0.4 is 14.8 Å². The van der Waals surface area contributed by atoms with Gasteiger partial charge < -0.3 is 19.2 Å². The highest BCUT2D eigenvalue weighted by molar-refractivity contribution is 7.22. The number of methoxy groups -OCH3 is 2. The molecule has 0 radical (unpaired) electrons. The van der Waals surface area contributed by atoms with Crippen LogP contribution >= 0.6 is 11.3 Å². The first-order valence-electron chi connectivity index (χ1n) is 7.90. The number of thiazole rings is 1. The molecule has 2 aromatic heterocycles. The molecule has 4 aromatic rings. The van der Waals surface area contributed by atoms with Crippen molar-refractivity contribution in [3.8, 4) is 23.0 Å². The monoisotopic (exact) mass is 368 g/mol. The molecule has 26 heavy (non-hydrogen) atoms. The van der Waals surface area contributed by atoms with E-state index in [0.29, 0.717) is 18.3 Å². The lowest BCUT2D eigenvalue weighted by Crippen LogP contribution is -1.98. The van der Waals surface area contributed by atoms with Crippen LogP contribution in [0.15, 0.2) is 46.9 Å². The number of hydrogen-bond acceptors (Lipinski definition) is 8. The highest BCUT2D eigenvalue weighted by atomic mass is 32.1. The maximum atomic E-state index is 5.71. The second-order valence-electron chi connectivity index (χ2n) is 5.44. The minimum atomic E-state index is 0.403.